The Morgan fingerprint density at radius 1 is 0.588 bits per heavy atom. The van der Waals surface area contributed by atoms with Crippen molar-refractivity contribution in [2.45, 2.75) is 101 Å². The number of para-hydroxylation sites is 2. The number of unbranched alkanes of at least 4 members (excludes halogenated alkanes) is 8. The number of rotatable bonds is 18. The van der Waals surface area contributed by atoms with Gasteiger partial charge in [-0.1, -0.05) is 107 Å². The number of ether oxygens (including phenoxy) is 2. The van der Waals surface area contributed by atoms with Gasteiger partial charge in [-0.05, 0) is 79.3 Å². The fraction of sp³-hybridized carbons (Fsp3) is 0.368. The molecule has 0 aliphatic heterocycles. The molecule has 0 unspecified atom stereocenters. The van der Waals surface area contributed by atoms with Crippen LogP contribution >= 0.6 is 0 Å². The Hall–Kier alpha value is -2.84. The molecule has 0 aliphatic rings. The fourth-order valence-electron chi connectivity index (χ4n) is 5.17. The molecule has 4 rings (SSSR count). The van der Waals surface area contributed by atoms with Crippen molar-refractivity contribution in [3.05, 3.63) is 96.1 Å². The number of benzene rings is 4. The Labute approximate surface area is 332 Å². The van der Waals surface area contributed by atoms with E-state index in [0.717, 1.165) is 67.9 Å². The standard InChI is InChI=1S/2C19H24O5S.Ca/c2*1-2-3-4-5-6-9-15-10-7-8-11-18(15)24-19-13-12-16(14-17(19)20)25(21,22)23;/h2*7-8,10-14,20H,2-6,9H2,1H3,(H,21,22,23);/q;;+2/p-2. The van der Waals surface area contributed by atoms with Gasteiger partial charge >= 0.3 is 37.7 Å². The largest absolute Gasteiger partial charge is 2.00 e. The van der Waals surface area contributed by atoms with Gasteiger partial charge < -0.3 is 24.2 Å². The Balaban J connectivity index is 0.000000347. The number of aromatic hydroxyl groups is 1. The molecule has 0 aromatic heterocycles. The quantitative estimate of drug-likeness (QED) is 0.0568. The third-order valence-electron chi connectivity index (χ3n) is 7.92. The molecule has 0 atom stereocenters. The predicted molar refractivity (Wildman–Crippen MR) is 195 cm³/mol. The van der Waals surface area contributed by atoms with Gasteiger partial charge in [0, 0.05) is 6.07 Å². The minimum absolute atomic E-state index is 0. The molecule has 0 heterocycles. The Morgan fingerprint density at radius 2 is 1.04 bits per heavy atom. The van der Waals surface area contributed by atoms with Crippen molar-refractivity contribution in [3.63, 3.8) is 0 Å². The van der Waals surface area contributed by atoms with Gasteiger partial charge in [-0.15, -0.1) is 0 Å². The molecular formula is C38H46CaO10S2. The van der Waals surface area contributed by atoms with E-state index < -0.39 is 30.9 Å². The van der Waals surface area contributed by atoms with Crippen LogP contribution in [-0.4, -0.2) is 68.8 Å². The average molecular weight is 767 g/mol. The van der Waals surface area contributed by atoms with Crippen LogP contribution in [0.25, 0.3) is 0 Å². The number of phenolic OH excluding ortho intramolecular Hbond substituents is 1. The Kier molecular flexibility index (Phi) is 19.4. The van der Waals surface area contributed by atoms with Gasteiger partial charge in [-0.25, -0.2) is 8.42 Å². The van der Waals surface area contributed by atoms with E-state index in [1.807, 2.05) is 42.5 Å². The molecule has 272 valence electrons. The molecule has 0 bridgehead atoms. The summed E-state index contributed by atoms with van der Waals surface area (Å²) in [6, 6.07) is 21.7. The molecule has 10 nitrogen and oxygen atoms in total. The molecule has 0 saturated heterocycles. The van der Waals surface area contributed by atoms with Gasteiger partial charge in [-0.2, -0.15) is 8.42 Å². The summed E-state index contributed by atoms with van der Waals surface area (Å²) in [5.74, 6) is 0.389. The maximum absolute atomic E-state index is 12.0. The zero-order chi connectivity index (χ0) is 36.6. The van der Waals surface area contributed by atoms with Crippen molar-refractivity contribution < 1.29 is 45.6 Å². The summed E-state index contributed by atoms with van der Waals surface area (Å²) in [4.78, 5) is -0.921. The minimum Gasteiger partial charge on any atom is -0.870 e. The second-order valence-corrected chi connectivity index (χ2v) is 14.7. The smallest absolute Gasteiger partial charge is 0.870 e. The second kappa shape index (κ2) is 22.3. The van der Waals surface area contributed by atoms with Crippen LogP contribution in [0.2, 0.25) is 0 Å². The first-order valence-corrected chi connectivity index (χ1v) is 19.8. The van der Waals surface area contributed by atoms with Crippen LogP contribution in [0.15, 0.2) is 94.7 Å². The predicted octanol–water partition coefficient (Wildman–Crippen LogP) is 8.53. The molecule has 2 N–H and O–H groups in total. The van der Waals surface area contributed by atoms with Gasteiger partial charge in [0.15, 0.2) is 11.5 Å². The zero-order valence-electron chi connectivity index (χ0n) is 29.3. The monoisotopic (exact) mass is 766 g/mol. The van der Waals surface area contributed by atoms with Gasteiger partial charge in [-0.3, -0.25) is 4.55 Å². The zero-order valence-corrected chi connectivity index (χ0v) is 33.1. The van der Waals surface area contributed by atoms with E-state index >= 15 is 0 Å². The molecule has 0 saturated carbocycles. The summed E-state index contributed by atoms with van der Waals surface area (Å²) in [6.07, 6.45) is 13.4. The summed E-state index contributed by atoms with van der Waals surface area (Å²) in [5.41, 5.74) is 2.04. The molecule has 13 heteroatoms. The van der Waals surface area contributed by atoms with Crippen LogP contribution in [0.5, 0.6) is 34.5 Å². The van der Waals surface area contributed by atoms with Gasteiger partial charge in [0.05, 0.1) is 9.79 Å². The van der Waals surface area contributed by atoms with Crippen LogP contribution in [0.1, 0.15) is 89.2 Å². The topological polar surface area (TPSA) is 173 Å². The average Bonchev–Trinajstić information content (AvgIpc) is 3.07. The minimum atomic E-state index is -4.65. The van der Waals surface area contributed by atoms with E-state index in [2.05, 4.69) is 13.8 Å². The van der Waals surface area contributed by atoms with E-state index in [4.69, 9.17) is 14.0 Å². The van der Waals surface area contributed by atoms with E-state index in [1.54, 1.807) is 6.07 Å². The number of aryl methyl sites for hydroxylation is 2. The third-order valence-corrected chi connectivity index (χ3v) is 9.60. The molecule has 0 fully saturated rings. The molecule has 0 radical (unpaired) electrons. The molecule has 0 aliphatic carbocycles. The summed E-state index contributed by atoms with van der Waals surface area (Å²) in [5, 5.41) is 22.0. The summed E-state index contributed by atoms with van der Waals surface area (Å²) in [7, 11) is -9.01. The summed E-state index contributed by atoms with van der Waals surface area (Å²) < 4.78 is 75.6. The third kappa shape index (κ3) is 15.3. The first-order valence-electron chi connectivity index (χ1n) is 16.9. The van der Waals surface area contributed by atoms with Crippen molar-refractivity contribution in [1.29, 1.82) is 0 Å². The maximum Gasteiger partial charge on any atom is 2.00 e. The SMILES string of the molecule is CCCCCCCc1ccccc1Oc1ccc(S(=O)(=O)O)cc1O.CCCCCCCc1ccccc1Oc1ccc(S(=O)(=O)[O-])cc1[O-].[Ca+2]. The van der Waals surface area contributed by atoms with Crippen LogP contribution in [-0.2, 0) is 33.1 Å². The van der Waals surface area contributed by atoms with Crippen molar-refractivity contribution in [2.24, 2.45) is 0 Å². The van der Waals surface area contributed by atoms with Crippen LogP contribution < -0.4 is 14.6 Å². The van der Waals surface area contributed by atoms with Crippen LogP contribution in [0.4, 0.5) is 0 Å². The van der Waals surface area contributed by atoms with E-state index in [9.17, 15) is 31.6 Å². The van der Waals surface area contributed by atoms with E-state index in [-0.39, 0.29) is 59.9 Å². The molecule has 0 spiro atoms. The van der Waals surface area contributed by atoms with Crippen LogP contribution in [0.3, 0.4) is 0 Å². The van der Waals surface area contributed by atoms with Crippen LogP contribution in [0, 0.1) is 0 Å². The Morgan fingerprint density at radius 3 is 1.49 bits per heavy atom. The first kappa shape index (κ1) is 44.3. The van der Waals surface area contributed by atoms with Gasteiger partial charge in [0.2, 0.25) is 0 Å². The maximum atomic E-state index is 12.0. The molecule has 4 aromatic carbocycles. The second-order valence-electron chi connectivity index (χ2n) is 11.9. The van der Waals surface area contributed by atoms with E-state index in [0.29, 0.717) is 11.5 Å². The molecular weight excluding hydrogens is 721 g/mol. The number of hydrogen-bond donors (Lipinski definition) is 2. The number of hydrogen-bond acceptors (Lipinski definition) is 9. The summed E-state index contributed by atoms with van der Waals surface area (Å²) in [6.45, 7) is 4.36. The van der Waals surface area contributed by atoms with Crippen molar-refractivity contribution in [3.8, 4) is 34.5 Å². The van der Waals surface area contributed by atoms with Gasteiger partial charge in [0.1, 0.15) is 27.4 Å². The first-order chi connectivity index (χ1) is 23.8. The van der Waals surface area contributed by atoms with Gasteiger partial charge in [0.25, 0.3) is 10.1 Å². The van der Waals surface area contributed by atoms with Crippen molar-refractivity contribution >= 4 is 58.0 Å². The fourth-order valence-corrected chi connectivity index (χ4v) is 6.15. The molecule has 0 amide bonds. The normalized spacial score (nSPS) is 11.2. The van der Waals surface area contributed by atoms with E-state index in [1.165, 1.54) is 56.7 Å². The van der Waals surface area contributed by atoms with Crippen molar-refractivity contribution in [2.75, 3.05) is 0 Å². The molecule has 51 heavy (non-hydrogen) atoms. The van der Waals surface area contributed by atoms with Crippen molar-refractivity contribution in [1.82, 2.24) is 0 Å². The Bertz CT molecular complexity index is 1740. The number of phenols is 1. The summed E-state index contributed by atoms with van der Waals surface area (Å²) >= 11 is 0. The molecule has 4 aromatic rings.